The average Bonchev–Trinajstić information content (AvgIpc) is 3.43. The SMILES string of the molecule is COc1ccc(NC(=O)N2CCc3nc(NC(=O)c4ccco4)sc3C2)c(OC)c1. The van der Waals surface area contributed by atoms with E-state index in [9.17, 15) is 9.59 Å². The summed E-state index contributed by atoms with van der Waals surface area (Å²) in [5, 5.41) is 6.10. The van der Waals surface area contributed by atoms with Crippen molar-refractivity contribution in [1.82, 2.24) is 9.88 Å². The highest BCUT2D eigenvalue weighted by Crippen LogP contribution is 2.31. The number of nitrogens with zero attached hydrogens (tertiary/aromatic N) is 2. The first-order valence-electron chi connectivity index (χ1n) is 9.18. The molecule has 0 bridgehead atoms. The normalized spacial score (nSPS) is 12.8. The molecule has 0 atom stereocenters. The molecular weight excluding hydrogens is 408 g/mol. The Kier molecular flexibility index (Phi) is 5.57. The van der Waals surface area contributed by atoms with E-state index in [1.807, 2.05) is 0 Å². The number of furan rings is 1. The number of anilines is 2. The van der Waals surface area contributed by atoms with E-state index in [1.165, 1.54) is 24.7 Å². The predicted molar refractivity (Wildman–Crippen MR) is 111 cm³/mol. The van der Waals surface area contributed by atoms with Crippen LogP contribution >= 0.6 is 11.3 Å². The zero-order valence-electron chi connectivity index (χ0n) is 16.4. The highest BCUT2D eigenvalue weighted by atomic mass is 32.1. The fourth-order valence-electron chi connectivity index (χ4n) is 3.08. The van der Waals surface area contributed by atoms with Crippen LogP contribution < -0.4 is 20.1 Å². The first-order chi connectivity index (χ1) is 14.6. The molecule has 0 saturated heterocycles. The number of carbonyl (C=O) groups excluding carboxylic acids is 2. The number of fused-ring (bicyclic) bond motifs is 1. The number of nitrogens with one attached hydrogen (secondary N) is 2. The minimum atomic E-state index is -0.354. The Morgan fingerprint density at radius 1 is 1.20 bits per heavy atom. The summed E-state index contributed by atoms with van der Waals surface area (Å²) in [4.78, 5) is 32.0. The third kappa shape index (κ3) is 4.08. The molecule has 10 heteroatoms. The number of thiazole rings is 1. The lowest BCUT2D eigenvalue weighted by molar-refractivity contribution is 0.0996. The topological polar surface area (TPSA) is 106 Å². The minimum absolute atomic E-state index is 0.220. The lowest BCUT2D eigenvalue weighted by atomic mass is 10.2. The van der Waals surface area contributed by atoms with E-state index in [0.29, 0.717) is 41.8 Å². The Balaban J connectivity index is 1.42. The molecule has 2 N–H and O–H groups in total. The summed E-state index contributed by atoms with van der Waals surface area (Å²) >= 11 is 1.35. The van der Waals surface area contributed by atoms with Gasteiger partial charge < -0.3 is 24.1 Å². The van der Waals surface area contributed by atoms with Gasteiger partial charge in [-0.25, -0.2) is 9.78 Å². The van der Waals surface area contributed by atoms with E-state index >= 15 is 0 Å². The molecule has 30 heavy (non-hydrogen) atoms. The summed E-state index contributed by atoms with van der Waals surface area (Å²) in [7, 11) is 3.10. The molecule has 156 valence electrons. The highest BCUT2D eigenvalue weighted by molar-refractivity contribution is 7.15. The molecule has 0 unspecified atom stereocenters. The highest BCUT2D eigenvalue weighted by Gasteiger charge is 2.25. The number of aromatic nitrogens is 1. The van der Waals surface area contributed by atoms with Crippen molar-refractivity contribution in [3.63, 3.8) is 0 Å². The first-order valence-corrected chi connectivity index (χ1v) is 10.0. The van der Waals surface area contributed by atoms with Crippen LogP contribution in [0.5, 0.6) is 11.5 Å². The van der Waals surface area contributed by atoms with E-state index in [1.54, 1.807) is 42.3 Å². The van der Waals surface area contributed by atoms with Crippen molar-refractivity contribution in [2.24, 2.45) is 0 Å². The standard InChI is InChI=1S/C20H20N4O5S/c1-27-12-5-6-13(16(10-12)28-2)22-20(26)24-8-7-14-17(11-24)30-19(21-14)23-18(25)15-4-3-9-29-15/h3-6,9-10H,7-8,11H2,1-2H3,(H,22,26)(H,21,23,25). The number of methoxy groups -OCH3 is 2. The number of rotatable bonds is 5. The number of amides is 3. The van der Waals surface area contributed by atoms with Crippen LogP contribution in [-0.4, -0.2) is 42.6 Å². The van der Waals surface area contributed by atoms with Gasteiger partial charge in [-0.3, -0.25) is 10.1 Å². The number of hydrogen-bond acceptors (Lipinski definition) is 7. The maximum Gasteiger partial charge on any atom is 0.322 e. The lowest BCUT2D eigenvalue weighted by Crippen LogP contribution is -2.38. The van der Waals surface area contributed by atoms with Crippen molar-refractivity contribution in [3.8, 4) is 11.5 Å². The largest absolute Gasteiger partial charge is 0.497 e. The van der Waals surface area contributed by atoms with E-state index in [2.05, 4.69) is 15.6 Å². The van der Waals surface area contributed by atoms with Gasteiger partial charge in [-0.1, -0.05) is 11.3 Å². The monoisotopic (exact) mass is 428 g/mol. The smallest absolute Gasteiger partial charge is 0.322 e. The molecule has 1 aromatic carbocycles. The van der Waals surface area contributed by atoms with Crippen molar-refractivity contribution in [3.05, 3.63) is 52.9 Å². The Morgan fingerprint density at radius 2 is 2.07 bits per heavy atom. The van der Waals surface area contributed by atoms with Gasteiger partial charge in [0.15, 0.2) is 10.9 Å². The van der Waals surface area contributed by atoms with Crippen molar-refractivity contribution in [1.29, 1.82) is 0 Å². The molecule has 1 aliphatic rings. The molecule has 3 heterocycles. The van der Waals surface area contributed by atoms with Gasteiger partial charge in [0.2, 0.25) is 0 Å². The van der Waals surface area contributed by atoms with Crippen molar-refractivity contribution in [2.45, 2.75) is 13.0 Å². The van der Waals surface area contributed by atoms with Gasteiger partial charge >= 0.3 is 6.03 Å². The number of hydrogen-bond donors (Lipinski definition) is 2. The zero-order chi connectivity index (χ0) is 21.1. The number of ether oxygens (including phenoxy) is 2. The fraction of sp³-hybridized carbons (Fsp3) is 0.250. The molecule has 3 aromatic rings. The van der Waals surface area contributed by atoms with Crippen LogP contribution in [0.3, 0.4) is 0 Å². The Hall–Kier alpha value is -3.53. The van der Waals surface area contributed by atoms with Crippen LogP contribution in [0.25, 0.3) is 0 Å². The first kappa shape index (κ1) is 19.8. The van der Waals surface area contributed by atoms with Crippen molar-refractivity contribution >= 4 is 34.1 Å². The molecule has 0 aliphatic carbocycles. The zero-order valence-corrected chi connectivity index (χ0v) is 17.2. The quantitative estimate of drug-likeness (QED) is 0.643. The molecule has 4 rings (SSSR count). The summed E-state index contributed by atoms with van der Waals surface area (Å²) in [5.74, 6) is 1.02. The molecule has 0 spiro atoms. The van der Waals surface area contributed by atoms with Crippen molar-refractivity contribution in [2.75, 3.05) is 31.4 Å². The van der Waals surface area contributed by atoms with E-state index in [4.69, 9.17) is 13.9 Å². The molecule has 3 amide bonds. The number of urea groups is 1. The molecule has 9 nitrogen and oxygen atoms in total. The summed E-state index contributed by atoms with van der Waals surface area (Å²) in [6.45, 7) is 0.931. The van der Waals surface area contributed by atoms with E-state index < -0.39 is 0 Å². The van der Waals surface area contributed by atoms with Gasteiger partial charge in [0.25, 0.3) is 5.91 Å². The van der Waals surface area contributed by atoms with Gasteiger partial charge in [-0.05, 0) is 24.3 Å². The lowest BCUT2D eigenvalue weighted by Gasteiger charge is -2.26. The number of carbonyl (C=O) groups is 2. The third-order valence-electron chi connectivity index (χ3n) is 4.63. The fourth-order valence-corrected chi connectivity index (χ4v) is 4.10. The van der Waals surface area contributed by atoms with Gasteiger partial charge in [0, 0.05) is 23.9 Å². The van der Waals surface area contributed by atoms with Crippen LogP contribution in [0.15, 0.2) is 41.0 Å². The summed E-state index contributed by atoms with van der Waals surface area (Å²) < 4.78 is 15.6. The molecule has 0 fully saturated rings. The average molecular weight is 428 g/mol. The van der Waals surface area contributed by atoms with Gasteiger partial charge in [0.05, 0.1) is 38.4 Å². The van der Waals surface area contributed by atoms with Gasteiger partial charge in [0.1, 0.15) is 11.5 Å². The van der Waals surface area contributed by atoms with Crippen LogP contribution in [0, 0.1) is 0 Å². The van der Waals surface area contributed by atoms with Gasteiger partial charge in [-0.15, -0.1) is 0 Å². The van der Waals surface area contributed by atoms with Crippen LogP contribution in [-0.2, 0) is 13.0 Å². The van der Waals surface area contributed by atoms with E-state index in [-0.39, 0.29) is 17.7 Å². The molecular formula is C20H20N4O5S. The molecule has 2 aromatic heterocycles. The van der Waals surface area contributed by atoms with Crippen LogP contribution in [0.1, 0.15) is 21.1 Å². The summed E-state index contributed by atoms with van der Waals surface area (Å²) in [6.07, 6.45) is 2.05. The Morgan fingerprint density at radius 3 is 2.80 bits per heavy atom. The maximum atomic E-state index is 12.8. The van der Waals surface area contributed by atoms with Crippen molar-refractivity contribution < 1.29 is 23.5 Å². The summed E-state index contributed by atoms with van der Waals surface area (Å²) in [6, 6.07) is 8.20. The third-order valence-corrected chi connectivity index (χ3v) is 5.63. The second kappa shape index (κ2) is 8.46. The van der Waals surface area contributed by atoms with Crippen LogP contribution in [0.2, 0.25) is 0 Å². The molecule has 0 saturated carbocycles. The Bertz CT molecular complexity index is 1060. The second-order valence-corrected chi connectivity index (χ2v) is 7.57. The van der Waals surface area contributed by atoms with Gasteiger partial charge in [-0.2, -0.15) is 0 Å². The minimum Gasteiger partial charge on any atom is -0.497 e. The predicted octanol–water partition coefficient (Wildman–Crippen LogP) is 3.60. The Labute approximate surface area is 176 Å². The summed E-state index contributed by atoms with van der Waals surface area (Å²) in [5.41, 5.74) is 1.45. The van der Waals surface area contributed by atoms with E-state index in [0.717, 1.165) is 10.6 Å². The number of benzene rings is 1. The van der Waals surface area contributed by atoms with Crippen LogP contribution in [0.4, 0.5) is 15.6 Å². The maximum absolute atomic E-state index is 12.8. The molecule has 1 aliphatic heterocycles. The molecule has 0 radical (unpaired) electrons. The second-order valence-electron chi connectivity index (χ2n) is 6.49.